The number of imide groups is 1. The highest BCUT2D eigenvalue weighted by molar-refractivity contribution is 8.18. The summed E-state index contributed by atoms with van der Waals surface area (Å²) >= 11 is 0.611. The van der Waals surface area contributed by atoms with E-state index in [0.29, 0.717) is 17.3 Å². The first-order valence-corrected chi connectivity index (χ1v) is 7.49. The average Bonchev–Trinajstić information content (AvgIpc) is 2.79. The lowest BCUT2D eigenvalue weighted by Crippen LogP contribution is -2.42. The van der Waals surface area contributed by atoms with Crippen molar-refractivity contribution in [2.45, 2.75) is 19.1 Å². The molecule has 1 aromatic carbocycles. The Hall–Kier alpha value is -2.29. The van der Waals surface area contributed by atoms with Gasteiger partial charge in [-0.3, -0.25) is 14.5 Å². The zero-order chi connectivity index (χ0) is 18.1. The first kappa shape index (κ1) is 18.1. The molecule has 128 valence electrons. The van der Waals surface area contributed by atoms with Crippen LogP contribution in [-0.4, -0.2) is 35.2 Å². The van der Waals surface area contributed by atoms with Crippen LogP contribution in [0.5, 0.6) is 0 Å². The third-order valence-corrected chi connectivity index (χ3v) is 4.17. The first-order chi connectivity index (χ1) is 11.1. The number of carbonyl (C=O) groups excluding carboxylic acids is 3. The Morgan fingerprint density at radius 1 is 1.25 bits per heavy atom. The standard InChI is InChI=1S/C15H12F3NO4S/c1-8(13(21)23-2)19-12(20)11(24-14(19)22)7-9-3-5-10(6-4-9)15(16,17)18/h3-8H,1-2H3/b11-7-/t8-/m1/s1. The molecule has 0 saturated carbocycles. The van der Waals surface area contributed by atoms with Crippen molar-refractivity contribution in [1.82, 2.24) is 4.90 Å². The van der Waals surface area contributed by atoms with Gasteiger partial charge in [0.2, 0.25) is 0 Å². The van der Waals surface area contributed by atoms with E-state index in [1.165, 1.54) is 25.1 Å². The number of halogens is 3. The Kier molecular flexibility index (Phi) is 5.02. The number of methoxy groups -OCH3 is 1. The lowest BCUT2D eigenvalue weighted by atomic mass is 10.1. The lowest BCUT2D eigenvalue weighted by Gasteiger charge is -2.18. The molecule has 2 rings (SSSR count). The number of esters is 1. The molecule has 0 N–H and O–H groups in total. The molecule has 1 aromatic rings. The number of rotatable bonds is 3. The van der Waals surface area contributed by atoms with Gasteiger partial charge in [-0.1, -0.05) is 12.1 Å². The second-order valence-corrected chi connectivity index (χ2v) is 5.86. The summed E-state index contributed by atoms with van der Waals surface area (Å²) in [5.74, 6) is -1.43. The smallest absolute Gasteiger partial charge is 0.416 e. The van der Waals surface area contributed by atoms with Gasteiger partial charge in [-0.05, 0) is 42.5 Å². The number of ether oxygens (including phenoxy) is 1. The zero-order valence-electron chi connectivity index (χ0n) is 12.6. The van der Waals surface area contributed by atoms with Crippen LogP contribution in [0.2, 0.25) is 0 Å². The van der Waals surface area contributed by atoms with E-state index < -0.39 is 34.9 Å². The average molecular weight is 359 g/mol. The molecular formula is C15H12F3NO4S. The summed E-state index contributed by atoms with van der Waals surface area (Å²) in [6, 6.07) is 3.07. The molecule has 5 nitrogen and oxygen atoms in total. The molecule has 0 radical (unpaired) electrons. The number of hydrogen-bond acceptors (Lipinski definition) is 5. The Morgan fingerprint density at radius 2 is 1.83 bits per heavy atom. The van der Waals surface area contributed by atoms with Gasteiger partial charge in [-0.15, -0.1) is 0 Å². The van der Waals surface area contributed by atoms with Crippen LogP contribution in [0.4, 0.5) is 18.0 Å². The van der Waals surface area contributed by atoms with Crippen LogP contribution in [0.1, 0.15) is 18.1 Å². The summed E-state index contributed by atoms with van der Waals surface area (Å²) in [5.41, 5.74) is -0.480. The van der Waals surface area contributed by atoms with Gasteiger partial charge in [-0.2, -0.15) is 13.2 Å². The largest absolute Gasteiger partial charge is 0.467 e. The van der Waals surface area contributed by atoms with Gasteiger partial charge in [0, 0.05) is 0 Å². The summed E-state index contributed by atoms with van der Waals surface area (Å²) in [7, 11) is 1.13. The molecule has 0 aliphatic carbocycles. The highest BCUT2D eigenvalue weighted by Crippen LogP contribution is 2.34. The Balaban J connectivity index is 2.24. The van der Waals surface area contributed by atoms with Crippen molar-refractivity contribution in [2.24, 2.45) is 0 Å². The van der Waals surface area contributed by atoms with Gasteiger partial charge in [0.25, 0.3) is 11.1 Å². The van der Waals surface area contributed by atoms with Crippen LogP contribution in [-0.2, 0) is 20.5 Å². The van der Waals surface area contributed by atoms with E-state index in [9.17, 15) is 27.6 Å². The molecule has 1 atom stereocenters. The minimum absolute atomic E-state index is 0.0236. The molecule has 1 aliphatic heterocycles. The van der Waals surface area contributed by atoms with Crippen molar-refractivity contribution >= 4 is 35.0 Å². The summed E-state index contributed by atoms with van der Waals surface area (Å²) < 4.78 is 42.1. The second-order valence-electron chi connectivity index (χ2n) is 4.87. The van der Waals surface area contributed by atoms with Gasteiger partial charge in [-0.25, -0.2) is 4.79 Å². The number of benzene rings is 1. The highest BCUT2D eigenvalue weighted by atomic mass is 32.2. The van der Waals surface area contributed by atoms with Crippen LogP contribution in [0.3, 0.4) is 0 Å². The second kappa shape index (κ2) is 6.68. The Bertz CT molecular complexity index is 712. The normalized spacial score (nSPS) is 18.2. The quantitative estimate of drug-likeness (QED) is 0.612. The number of hydrogen-bond donors (Lipinski definition) is 0. The molecule has 9 heteroatoms. The molecule has 0 spiro atoms. The third-order valence-electron chi connectivity index (χ3n) is 3.29. The van der Waals surface area contributed by atoms with Gasteiger partial charge in [0.1, 0.15) is 6.04 Å². The predicted molar refractivity (Wildman–Crippen MR) is 80.7 cm³/mol. The third kappa shape index (κ3) is 3.61. The number of alkyl halides is 3. The number of carbonyl (C=O) groups is 3. The van der Waals surface area contributed by atoms with E-state index in [0.717, 1.165) is 24.1 Å². The summed E-state index contributed by atoms with van der Waals surface area (Å²) in [6.07, 6.45) is -3.15. The molecule has 1 heterocycles. The Labute approximate surface area is 139 Å². The van der Waals surface area contributed by atoms with Gasteiger partial charge in [0.15, 0.2) is 0 Å². The first-order valence-electron chi connectivity index (χ1n) is 6.67. The van der Waals surface area contributed by atoms with Crippen molar-refractivity contribution in [3.63, 3.8) is 0 Å². The van der Waals surface area contributed by atoms with Crippen molar-refractivity contribution in [3.8, 4) is 0 Å². The van der Waals surface area contributed by atoms with E-state index >= 15 is 0 Å². The maximum atomic E-state index is 12.5. The van der Waals surface area contributed by atoms with Crippen molar-refractivity contribution < 1.29 is 32.3 Å². The van der Waals surface area contributed by atoms with Gasteiger partial charge in [0.05, 0.1) is 17.6 Å². The highest BCUT2D eigenvalue weighted by Gasteiger charge is 2.41. The molecule has 0 aromatic heterocycles. The molecule has 1 fully saturated rings. The molecule has 24 heavy (non-hydrogen) atoms. The Morgan fingerprint density at radius 3 is 2.33 bits per heavy atom. The molecular weight excluding hydrogens is 347 g/mol. The topological polar surface area (TPSA) is 63.7 Å². The van der Waals surface area contributed by atoms with Crippen LogP contribution in [0.25, 0.3) is 6.08 Å². The van der Waals surface area contributed by atoms with Crippen molar-refractivity contribution in [1.29, 1.82) is 0 Å². The lowest BCUT2D eigenvalue weighted by molar-refractivity contribution is -0.148. The van der Waals surface area contributed by atoms with Crippen LogP contribution >= 0.6 is 11.8 Å². The number of nitrogens with zero attached hydrogens (tertiary/aromatic N) is 1. The minimum atomic E-state index is -4.45. The molecule has 0 bridgehead atoms. The van der Waals surface area contributed by atoms with Crippen molar-refractivity contribution in [3.05, 3.63) is 40.3 Å². The van der Waals surface area contributed by atoms with Gasteiger partial charge >= 0.3 is 12.1 Å². The molecule has 1 saturated heterocycles. The van der Waals surface area contributed by atoms with E-state index in [1.54, 1.807) is 0 Å². The maximum Gasteiger partial charge on any atom is 0.416 e. The monoisotopic (exact) mass is 359 g/mol. The molecule has 0 unspecified atom stereocenters. The fraction of sp³-hybridized carbons (Fsp3) is 0.267. The number of thioether (sulfide) groups is 1. The van der Waals surface area contributed by atoms with Crippen LogP contribution in [0, 0.1) is 0 Å². The van der Waals surface area contributed by atoms with Crippen LogP contribution < -0.4 is 0 Å². The van der Waals surface area contributed by atoms with Crippen molar-refractivity contribution in [2.75, 3.05) is 7.11 Å². The molecule has 2 amide bonds. The van der Waals surface area contributed by atoms with Crippen LogP contribution in [0.15, 0.2) is 29.2 Å². The molecule has 1 aliphatic rings. The maximum absolute atomic E-state index is 12.5. The predicted octanol–water partition coefficient (Wildman–Crippen LogP) is 3.30. The summed E-state index contributed by atoms with van der Waals surface area (Å²) in [6.45, 7) is 1.35. The van der Waals surface area contributed by atoms with E-state index in [-0.39, 0.29) is 4.91 Å². The van der Waals surface area contributed by atoms with Gasteiger partial charge < -0.3 is 4.74 Å². The minimum Gasteiger partial charge on any atom is -0.467 e. The number of amides is 2. The SMILES string of the molecule is COC(=O)[C@@H](C)N1C(=O)S/C(=C\c2ccc(C(F)(F)F)cc2)C1=O. The zero-order valence-corrected chi connectivity index (χ0v) is 13.4. The summed E-state index contributed by atoms with van der Waals surface area (Å²) in [4.78, 5) is 36.4. The fourth-order valence-electron chi connectivity index (χ4n) is 2.01. The van der Waals surface area contributed by atoms with E-state index in [1.807, 2.05) is 0 Å². The van der Waals surface area contributed by atoms with E-state index in [2.05, 4.69) is 4.74 Å². The fourth-order valence-corrected chi connectivity index (χ4v) is 2.92. The summed E-state index contributed by atoms with van der Waals surface area (Å²) in [5, 5.41) is -0.643. The van der Waals surface area contributed by atoms with E-state index in [4.69, 9.17) is 0 Å².